The zero-order valence-electron chi connectivity index (χ0n) is 13.3. The molecule has 1 unspecified atom stereocenters. The highest BCUT2D eigenvalue weighted by Gasteiger charge is 2.20. The summed E-state index contributed by atoms with van der Waals surface area (Å²) in [4.78, 5) is 16.6. The summed E-state index contributed by atoms with van der Waals surface area (Å²) < 4.78 is 0. The van der Waals surface area contributed by atoms with Gasteiger partial charge < -0.3 is 15.1 Å². The van der Waals surface area contributed by atoms with E-state index >= 15 is 0 Å². The molecule has 0 radical (unpaired) electrons. The maximum atomic E-state index is 12.6. The molecule has 0 aliphatic heterocycles. The molecule has 0 aliphatic carbocycles. The monoisotopic (exact) mass is 277 g/mol. The van der Waals surface area contributed by atoms with Crippen molar-refractivity contribution in [1.82, 2.24) is 9.80 Å². The molecule has 1 atom stereocenters. The number of likely N-dealkylation sites (N-methyl/N-ethyl adjacent to an activating group) is 2. The molecule has 0 aliphatic rings. The Balaban J connectivity index is 2.79. The van der Waals surface area contributed by atoms with Gasteiger partial charge in [0.1, 0.15) is 0 Å². The summed E-state index contributed by atoms with van der Waals surface area (Å²) in [6, 6.07) is 7.91. The maximum Gasteiger partial charge on any atom is 0.254 e. The topological polar surface area (TPSA) is 35.6 Å². The lowest BCUT2D eigenvalue weighted by molar-refractivity contribution is 0.0679. The van der Waals surface area contributed by atoms with Crippen molar-refractivity contribution in [2.24, 2.45) is 0 Å². The van der Waals surface area contributed by atoms with E-state index in [1.54, 1.807) is 0 Å². The van der Waals surface area contributed by atoms with Gasteiger partial charge in [0, 0.05) is 36.9 Å². The number of rotatable bonds is 7. The first kappa shape index (κ1) is 16.5. The molecule has 1 aromatic rings. The van der Waals surface area contributed by atoms with Crippen LogP contribution < -0.4 is 5.32 Å². The molecular weight excluding hydrogens is 250 g/mol. The van der Waals surface area contributed by atoms with Crippen molar-refractivity contribution < 1.29 is 4.79 Å². The molecule has 1 N–H and O–H groups in total. The molecular formula is C16H27N3O. The van der Waals surface area contributed by atoms with Gasteiger partial charge >= 0.3 is 0 Å². The highest BCUT2D eigenvalue weighted by molar-refractivity contribution is 5.94. The smallest absolute Gasteiger partial charge is 0.254 e. The molecule has 0 saturated carbocycles. The van der Waals surface area contributed by atoms with Gasteiger partial charge in [-0.1, -0.05) is 0 Å². The van der Waals surface area contributed by atoms with Gasteiger partial charge in [0.05, 0.1) is 0 Å². The summed E-state index contributed by atoms with van der Waals surface area (Å²) in [5, 5.41) is 3.23. The number of hydrogen-bond acceptors (Lipinski definition) is 3. The number of carbonyl (C=O) groups is 1. The lowest BCUT2D eigenvalue weighted by Gasteiger charge is -2.30. The molecule has 0 aromatic heterocycles. The van der Waals surface area contributed by atoms with Crippen LogP contribution in [0.15, 0.2) is 24.3 Å². The molecule has 1 rings (SSSR count). The lowest BCUT2D eigenvalue weighted by Crippen LogP contribution is -2.43. The molecule has 4 nitrogen and oxygen atoms in total. The molecule has 4 heteroatoms. The van der Waals surface area contributed by atoms with Crippen LogP contribution in [-0.4, -0.2) is 55.5 Å². The first-order valence-corrected chi connectivity index (χ1v) is 7.29. The highest BCUT2D eigenvalue weighted by Crippen LogP contribution is 2.13. The van der Waals surface area contributed by atoms with E-state index in [0.29, 0.717) is 0 Å². The van der Waals surface area contributed by atoms with E-state index in [1.165, 1.54) is 0 Å². The fourth-order valence-corrected chi connectivity index (χ4v) is 2.38. The van der Waals surface area contributed by atoms with Crippen LogP contribution >= 0.6 is 0 Å². The standard InChI is InChI=1S/C16H27N3O/c1-6-17-15-10-8-14(9-11-15)16(20)19(7-2)13(3)12-18(4)5/h8-11,13,17H,6-7,12H2,1-5H3. The Kier molecular flexibility index (Phi) is 6.52. The molecule has 20 heavy (non-hydrogen) atoms. The number of benzene rings is 1. The number of hydrogen-bond donors (Lipinski definition) is 1. The van der Waals surface area contributed by atoms with Crippen LogP contribution in [0.2, 0.25) is 0 Å². The molecule has 0 bridgehead atoms. The Labute approximate surface area is 122 Å². The van der Waals surface area contributed by atoms with Crippen molar-refractivity contribution in [2.45, 2.75) is 26.8 Å². The Bertz CT molecular complexity index is 414. The molecule has 0 heterocycles. The molecule has 112 valence electrons. The van der Waals surface area contributed by atoms with Crippen molar-refractivity contribution in [1.29, 1.82) is 0 Å². The molecule has 0 spiro atoms. The minimum Gasteiger partial charge on any atom is -0.385 e. The Morgan fingerprint density at radius 3 is 2.25 bits per heavy atom. The van der Waals surface area contributed by atoms with Gasteiger partial charge in [0.15, 0.2) is 0 Å². The number of carbonyl (C=O) groups excluding carboxylic acids is 1. The summed E-state index contributed by atoms with van der Waals surface area (Å²) in [7, 11) is 4.06. The largest absolute Gasteiger partial charge is 0.385 e. The molecule has 1 aromatic carbocycles. The van der Waals surface area contributed by atoms with E-state index in [1.807, 2.05) is 50.2 Å². The van der Waals surface area contributed by atoms with Crippen molar-refractivity contribution in [3.05, 3.63) is 29.8 Å². The van der Waals surface area contributed by atoms with Crippen molar-refractivity contribution >= 4 is 11.6 Å². The molecule has 0 saturated heterocycles. The van der Waals surface area contributed by atoms with Crippen LogP contribution in [0.25, 0.3) is 0 Å². The van der Waals surface area contributed by atoms with Gasteiger partial charge in [-0.25, -0.2) is 0 Å². The van der Waals surface area contributed by atoms with Gasteiger partial charge in [0.2, 0.25) is 0 Å². The van der Waals surface area contributed by atoms with Crippen LogP contribution in [0.1, 0.15) is 31.1 Å². The minimum absolute atomic E-state index is 0.102. The van der Waals surface area contributed by atoms with E-state index in [0.717, 1.165) is 30.9 Å². The van der Waals surface area contributed by atoms with E-state index in [-0.39, 0.29) is 11.9 Å². The van der Waals surface area contributed by atoms with Gasteiger partial charge in [-0.15, -0.1) is 0 Å². The fourth-order valence-electron chi connectivity index (χ4n) is 2.38. The first-order chi connectivity index (χ1) is 9.49. The van der Waals surface area contributed by atoms with Gasteiger partial charge in [-0.3, -0.25) is 4.79 Å². The van der Waals surface area contributed by atoms with Gasteiger partial charge in [-0.2, -0.15) is 0 Å². The van der Waals surface area contributed by atoms with Crippen LogP contribution in [0.5, 0.6) is 0 Å². The van der Waals surface area contributed by atoms with Crippen molar-refractivity contribution in [3.63, 3.8) is 0 Å². The second kappa shape index (κ2) is 7.90. The molecule has 0 fully saturated rings. The average molecular weight is 277 g/mol. The molecule has 1 amide bonds. The minimum atomic E-state index is 0.102. The van der Waals surface area contributed by atoms with E-state index in [2.05, 4.69) is 24.1 Å². The van der Waals surface area contributed by atoms with Crippen LogP contribution in [0.4, 0.5) is 5.69 Å². The zero-order valence-corrected chi connectivity index (χ0v) is 13.3. The Morgan fingerprint density at radius 1 is 1.20 bits per heavy atom. The third-order valence-electron chi connectivity index (χ3n) is 3.28. The van der Waals surface area contributed by atoms with Crippen LogP contribution in [-0.2, 0) is 0 Å². The third kappa shape index (κ3) is 4.53. The van der Waals surface area contributed by atoms with E-state index in [4.69, 9.17) is 0 Å². The summed E-state index contributed by atoms with van der Waals surface area (Å²) in [5.41, 5.74) is 1.80. The number of amides is 1. The number of nitrogens with one attached hydrogen (secondary N) is 1. The van der Waals surface area contributed by atoms with E-state index < -0.39 is 0 Å². The maximum absolute atomic E-state index is 12.6. The quantitative estimate of drug-likeness (QED) is 0.832. The van der Waals surface area contributed by atoms with E-state index in [9.17, 15) is 4.79 Å². The van der Waals surface area contributed by atoms with Gasteiger partial charge in [0.25, 0.3) is 5.91 Å². The summed E-state index contributed by atoms with van der Waals surface area (Å²) in [6.07, 6.45) is 0. The Hall–Kier alpha value is -1.55. The second-order valence-electron chi connectivity index (χ2n) is 5.31. The van der Waals surface area contributed by atoms with Crippen molar-refractivity contribution in [2.75, 3.05) is 39.0 Å². The zero-order chi connectivity index (χ0) is 15.1. The summed E-state index contributed by atoms with van der Waals surface area (Å²) in [5.74, 6) is 0.102. The third-order valence-corrected chi connectivity index (χ3v) is 3.28. The normalized spacial score (nSPS) is 12.3. The van der Waals surface area contributed by atoms with Gasteiger partial charge in [-0.05, 0) is 59.1 Å². The fraction of sp³-hybridized carbons (Fsp3) is 0.562. The SMILES string of the molecule is CCNc1ccc(C(=O)N(CC)C(C)CN(C)C)cc1. The second-order valence-corrected chi connectivity index (χ2v) is 5.31. The van der Waals surface area contributed by atoms with Crippen molar-refractivity contribution in [3.8, 4) is 0 Å². The predicted molar refractivity (Wildman–Crippen MR) is 85.3 cm³/mol. The number of anilines is 1. The summed E-state index contributed by atoms with van der Waals surface area (Å²) in [6.45, 7) is 8.65. The lowest BCUT2D eigenvalue weighted by atomic mass is 10.1. The predicted octanol–water partition coefficient (Wildman–Crippen LogP) is 2.53. The average Bonchev–Trinajstić information content (AvgIpc) is 2.39. The van der Waals surface area contributed by atoms with Crippen LogP contribution in [0, 0.1) is 0 Å². The highest BCUT2D eigenvalue weighted by atomic mass is 16.2. The first-order valence-electron chi connectivity index (χ1n) is 7.29. The Morgan fingerprint density at radius 2 is 1.80 bits per heavy atom. The number of nitrogens with zero attached hydrogens (tertiary/aromatic N) is 2. The summed E-state index contributed by atoms with van der Waals surface area (Å²) >= 11 is 0. The van der Waals surface area contributed by atoms with Crippen LogP contribution in [0.3, 0.4) is 0 Å².